The largest absolute Gasteiger partial charge is 0.352 e. The molecule has 0 aromatic carbocycles. The number of rotatable bonds is 6. The molecule has 0 aliphatic carbocycles. The maximum atomic E-state index is 12.2. The molecule has 1 amide bonds. The molecular formula is C16H20N6O. The van der Waals surface area contributed by atoms with E-state index in [1.54, 1.807) is 31.1 Å². The van der Waals surface area contributed by atoms with E-state index >= 15 is 0 Å². The van der Waals surface area contributed by atoms with Gasteiger partial charge in [-0.2, -0.15) is 0 Å². The maximum absolute atomic E-state index is 12.2. The van der Waals surface area contributed by atoms with Crippen molar-refractivity contribution in [1.82, 2.24) is 29.4 Å². The van der Waals surface area contributed by atoms with Crippen LogP contribution >= 0.6 is 0 Å². The van der Waals surface area contributed by atoms with E-state index in [1.165, 1.54) is 0 Å². The van der Waals surface area contributed by atoms with Crippen molar-refractivity contribution in [3.8, 4) is 0 Å². The number of carbonyl (C=O) groups is 1. The van der Waals surface area contributed by atoms with Crippen molar-refractivity contribution in [2.75, 3.05) is 6.54 Å². The van der Waals surface area contributed by atoms with E-state index in [1.807, 2.05) is 15.3 Å². The molecule has 1 N–H and O–H groups in total. The average molecular weight is 312 g/mol. The zero-order chi connectivity index (χ0) is 16.2. The Labute approximate surface area is 134 Å². The number of hydrogen-bond donors (Lipinski definition) is 1. The van der Waals surface area contributed by atoms with Gasteiger partial charge in [0, 0.05) is 37.7 Å². The van der Waals surface area contributed by atoms with Crippen LogP contribution in [0, 0.1) is 0 Å². The highest BCUT2D eigenvalue weighted by atomic mass is 16.1. The van der Waals surface area contributed by atoms with Crippen molar-refractivity contribution >= 4 is 17.1 Å². The molecule has 3 aromatic rings. The number of imidazole rings is 2. The highest BCUT2D eigenvalue weighted by Crippen LogP contribution is 2.16. The standard InChI is InChI=1S/C16H20N6O/c1-12(2)22-11-20-14-8-13(9-19-15(14)22)16(23)18-4-3-6-21-7-5-17-10-21/h5,7-12H,3-4,6H2,1-2H3,(H,18,23). The third kappa shape index (κ3) is 3.39. The molecule has 3 heterocycles. The number of nitrogens with zero attached hydrogens (tertiary/aromatic N) is 5. The first-order valence-electron chi connectivity index (χ1n) is 7.71. The number of fused-ring (bicyclic) bond motifs is 1. The van der Waals surface area contributed by atoms with Gasteiger partial charge in [-0.05, 0) is 26.3 Å². The summed E-state index contributed by atoms with van der Waals surface area (Å²) >= 11 is 0. The Morgan fingerprint density at radius 3 is 2.91 bits per heavy atom. The normalized spacial score (nSPS) is 11.3. The lowest BCUT2D eigenvalue weighted by molar-refractivity contribution is 0.0952. The summed E-state index contributed by atoms with van der Waals surface area (Å²) in [5.41, 5.74) is 2.08. The van der Waals surface area contributed by atoms with E-state index in [-0.39, 0.29) is 11.9 Å². The van der Waals surface area contributed by atoms with Crippen LogP contribution in [0.15, 0.2) is 37.3 Å². The molecule has 0 unspecified atom stereocenters. The monoisotopic (exact) mass is 312 g/mol. The molecule has 7 nitrogen and oxygen atoms in total. The zero-order valence-corrected chi connectivity index (χ0v) is 13.3. The number of aromatic nitrogens is 5. The Morgan fingerprint density at radius 1 is 1.30 bits per heavy atom. The summed E-state index contributed by atoms with van der Waals surface area (Å²) in [6.45, 7) is 5.58. The van der Waals surface area contributed by atoms with Crippen LogP contribution < -0.4 is 5.32 Å². The fraction of sp³-hybridized carbons (Fsp3) is 0.375. The van der Waals surface area contributed by atoms with Crippen LogP contribution in [0.25, 0.3) is 11.2 Å². The lowest BCUT2D eigenvalue weighted by Gasteiger charge is -2.08. The van der Waals surface area contributed by atoms with Gasteiger partial charge in [-0.15, -0.1) is 0 Å². The first-order valence-corrected chi connectivity index (χ1v) is 7.71. The fourth-order valence-corrected chi connectivity index (χ4v) is 2.41. The van der Waals surface area contributed by atoms with Crippen LogP contribution in [0.3, 0.4) is 0 Å². The van der Waals surface area contributed by atoms with E-state index < -0.39 is 0 Å². The Balaban J connectivity index is 1.60. The van der Waals surface area contributed by atoms with Crippen LogP contribution in [0.1, 0.15) is 36.7 Å². The Hall–Kier alpha value is -2.70. The van der Waals surface area contributed by atoms with Gasteiger partial charge in [0.2, 0.25) is 0 Å². The minimum absolute atomic E-state index is 0.121. The summed E-state index contributed by atoms with van der Waals surface area (Å²) in [5.74, 6) is -0.121. The van der Waals surface area contributed by atoms with E-state index in [2.05, 4.69) is 34.1 Å². The number of pyridine rings is 1. The third-order valence-corrected chi connectivity index (χ3v) is 3.67. The molecule has 0 spiro atoms. The second kappa shape index (κ2) is 6.60. The van der Waals surface area contributed by atoms with Gasteiger partial charge >= 0.3 is 0 Å². The maximum Gasteiger partial charge on any atom is 0.252 e. The second-order valence-electron chi connectivity index (χ2n) is 5.72. The molecule has 0 radical (unpaired) electrons. The van der Waals surface area contributed by atoms with E-state index in [4.69, 9.17) is 0 Å². The van der Waals surface area contributed by atoms with Gasteiger partial charge in [-0.1, -0.05) is 0 Å². The van der Waals surface area contributed by atoms with E-state index in [0.717, 1.165) is 24.1 Å². The quantitative estimate of drug-likeness (QED) is 0.706. The predicted molar refractivity (Wildman–Crippen MR) is 87.1 cm³/mol. The highest BCUT2D eigenvalue weighted by molar-refractivity contribution is 5.96. The van der Waals surface area contributed by atoms with Crippen molar-refractivity contribution in [3.05, 3.63) is 42.9 Å². The lowest BCUT2D eigenvalue weighted by Crippen LogP contribution is -2.25. The number of carbonyl (C=O) groups excluding carboxylic acids is 1. The van der Waals surface area contributed by atoms with Gasteiger partial charge in [0.15, 0.2) is 5.65 Å². The van der Waals surface area contributed by atoms with Crippen molar-refractivity contribution in [2.45, 2.75) is 32.9 Å². The summed E-state index contributed by atoms with van der Waals surface area (Å²) in [4.78, 5) is 24.9. The summed E-state index contributed by atoms with van der Waals surface area (Å²) in [7, 11) is 0. The molecule has 0 aliphatic rings. The van der Waals surface area contributed by atoms with Gasteiger partial charge in [0.25, 0.3) is 5.91 Å². The van der Waals surface area contributed by atoms with Crippen LogP contribution in [0.5, 0.6) is 0 Å². The van der Waals surface area contributed by atoms with Crippen LogP contribution in [0.2, 0.25) is 0 Å². The molecule has 120 valence electrons. The minimum Gasteiger partial charge on any atom is -0.352 e. The van der Waals surface area contributed by atoms with Crippen molar-refractivity contribution in [3.63, 3.8) is 0 Å². The molecule has 7 heteroatoms. The minimum atomic E-state index is -0.121. The van der Waals surface area contributed by atoms with Gasteiger partial charge in [-0.25, -0.2) is 15.0 Å². The molecule has 3 aromatic heterocycles. The van der Waals surface area contributed by atoms with Crippen LogP contribution in [-0.4, -0.2) is 36.5 Å². The molecule has 0 saturated heterocycles. The number of aryl methyl sites for hydroxylation is 1. The fourth-order valence-electron chi connectivity index (χ4n) is 2.41. The number of nitrogens with one attached hydrogen (secondary N) is 1. The summed E-state index contributed by atoms with van der Waals surface area (Å²) < 4.78 is 3.97. The first kappa shape index (κ1) is 15.2. The van der Waals surface area contributed by atoms with Gasteiger partial charge in [0.1, 0.15) is 5.52 Å². The van der Waals surface area contributed by atoms with E-state index in [9.17, 15) is 4.79 Å². The third-order valence-electron chi connectivity index (χ3n) is 3.67. The highest BCUT2D eigenvalue weighted by Gasteiger charge is 2.11. The van der Waals surface area contributed by atoms with Crippen molar-refractivity contribution < 1.29 is 4.79 Å². The number of hydrogen-bond acceptors (Lipinski definition) is 4. The Bertz CT molecular complexity index is 790. The zero-order valence-electron chi connectivity index (χ0n) is 13.3. The summed E-state index contributed by atoms with van der Waals surface area (Å²) in [6, 6.07) is 2.07. The molecular weight excluding hydrogens is 292 g/mol. The molecule has 3 rings (SSSR count). The Morgan fingerprint density at radius 2 is 2.17 bits per heavy atom. The van der Waals surface area contributed by atoms with Crippen LogP contribution in [-0.2, 0) is 6.54 Å². The van der Waals surface area contributed by atoms with Gasteiger partial charge < -0.3 is 14.5 Å². The van der Waals surface area contributed by atoms with E-state index in [0.29, 0.717) is 12.1 Å². The van der Waals surface area contributed by atoms with Gasteiger partial charge in [-0.3, -0.25) is 4.79 Å². The topological polar surface area (TPSA) is 77.6 Å². The van der Waals surface area contributed by atoms with Crippen LogP contribution in [0.4, 0.5) is 0 Å². The smallest absolute Gasteiger partial charge is 0.252 e. The lowest BCUT2D eigenvalue weighted by atomic mass is 10.2. The second-order valence-corrected chi connectivity index (χ2v) is 5.72. The molecule has 0 atom stereocenters. The molecule has 0 saturated carbocycles. The summed E-state index contributed by atoms with van der Waals surface area (Å²) in [6.07, 6.45) is 9.63. The molecule has 23 heavy (non-hydrogen) atoms. The first-order chi connectivity index (χ1) is 11.1. The van der Waals surface area contributed by atoms with Crippen molar-refractivity contribution in [2.24, 2.45) is 0 Å². The molecule has 0 aliphatic heterocycles. The average Bonchev–Trinajstić information content (AvgIpc) is 3.19. The van der Waals surface area contributed by atoms with Gasteiger partial charge in [0.05, 0.1) is 18.2 Å². The molecule has 0 fully saturated rings. The SMILES string of the molecule is CC(C)n1cnc2cc(C(=O)NCCCn3ccnc3)cnc21. The molecule has 0 bridgehead atoms. The Kier molecular flexibility index (Phi) is 4.36. The predicted octanol–water partition coefficient (Wildman–Crippen LogP) is 2.03. The number of amides is 1. The summed E-state index contributed by atoms with van der Waals surface area (Å²) in [5, 5.41) is 2.91. The van der Waals surface area contributed by atoms with Crippen molar-refractivity contribution in [1.29, 1.82) is 0 Å².